The molecule has 0 bridgehead atoms. The first-order valence-corrected chi connectivity index (χ1v) is 6.22. The standard InChI is InChI=1S/C11H17BrN4/c1-4-5-14-10(6-13)7-16-9(3)11(12)8(2)15-16/h10,14H,4-5,7H2,1-3H3. The monoisotopic (exact) mass is 284 g/mol. The molecular formula is C11H17BrN4. The van der Waals surface area contributed by atoms with Crippen molar-refractivity contribution in [1.82, 2.24) is 15.1 Å². The fraction of sp³-hybridized carbons (Fsp3) is 0.636. The first kappa shape index (κ1) is 13.2. The van der Waals surface area contributed by atoms with Gasteiger partial charge in [-0.2, -0.15) is 10.4 Å². The van der Waals surface area contributed by atoms with Crippen LogP contribution in [0.1, 0.15) is 24.7 Å². The molecule has 1 heterocycles. The third-order valence-electron chi connectivity index (χ3n) is 2.45. The van der Waals surface area contributed by atoms with Crippen molar-refractivity contribution in [3.8, 4) is 6.07 Å². The maximum atomic E-state index is 9.02. The number of nitriles is 1. The minimum Gasteiger partial charge on any atom is -0.300 e. The van der Waals surface area contributed by atoms with Crippen LogP contribution in [-0.2, 0) is 6.54 Å². The second-order valence-corrected chi connectivity index (χ2v) is 4.60. The summed E-state index contributed by atoms with van der Waals surface area (Å²) in [5, 5.41) is 16.6. The average Bonchev–Trinajstić information content (AvgIpc) is 2.52. The topological polar surface area (TPSA) is 53.6 Å². The fourth-order valence-corrected chi connectivity index (χ4v) is 1.78. The van der Waals surface area contributed by atoms with E-state index in [1.807, 2.05) is 18.5 Å². The van der Waals surface area contributed by atoms with Crippen LogP contribution in [0.3, 0.4) is 0 Å². The van der Waals surface area contributed by atoms with Gasteiger partial charge >= 0.3 is 0 Å². The molecule has 4 nitrogen and oxygen atoms in total. The minimum absolute atomic E-state index is 0.176. The highest BCUT2D eigenvalue weighted by molar-refractivity contribution is 9.10. The van der Waals surface area contributed by atoms with Gasteiger partial charge in [-0.25, -0.2) is 0 Å². The summed E-state index contributed by atoms with van der Waals surface area (Å²) in [5.74, 6) is 0. The molecule has 0 spiro atoms. The van der Waals surface area contributed by atoms with Gasteiger partial charge in [0.05, 0.1) is 22.8 Å². The summed E-state index contributed by atoms with van der Waals surface area (Å²) < 4.78 is 2.90. The van der Waals surface area contributed by atoms with Gasteiger partial charge in [0.2, 0.25) is 0 Å². The Morgan fingerprint density at radius 2 is 2.25 bits per heavy atom. The van der Waals surface area contributed by atoms with E-state index in [0.717, 1.165) is 28.8 Å². The molecule has 16 heavy (non-hydrogen) atoms. The van der Waals surface area contributed by atoms with Gasteiger partial charge in [-0.1, -0.05) is 6.92 Å². The van der Waals surface area contributed by atoms with E-state index in [1.54, 1.807) is 0 Å². The molecule has 0 amide bonds. The summed E-state index contributed by atoms with van der Waals surface area (Å²) >= 11 is 3.48. The van der Waals surface area contributed by atoms with Crippen LogP contribution in [0, 0.1) is 25.2 Å². The minimum atomic E-state index is -0.176. The van der Waals surface area contributed by atoms with Crippen LogP contribution in [0.15, 0.2) is 4.47 Å². The van der Waals surface area contributed by atoms with Gasteiger partial charge in [-0.15, -0.1) is 0 Å². The molecule has 1 rings (SSSR count). The van der Waals surface area contributed by atoms with Gasteiger partial charge in [0.1, 0.15) is 6.04 Å². The third-order valence-corrected chi connectivity index (χ3v) is 3.59. The van der Waals surface area contributed by atoms with Crippen molar-refractivity contribution in [1.29, 1.82) is 5.26 Å². The Morgan fingerprint density at radius 3 is 2.69 bits per heavy atom. The maximum absolute atomic E-state index is 9.02. The third kappa shape index (κ3) is 3.06. The summed E-state index contributed by atoms with van der Waals surface area (Å²) in [4.78, 5) is 0. The van der Waals surface area contributed by atoms with E-state index in [2.05, 4.69) is 39.3 Å². The molecule has 0 aromatic carbocycles. The molecule has 1 aromatic heterocycles. The lowest BCUT2D eigenvalue weighted by molar-refractivity contribution is 0.482. The molecule has 5 heteroatoms. The lowest BCUT2D eigenvalue weighted by atomic mass is 10.3. The van der Waals surface area contributed by atoms with Crippen LogP contribution in [-0.4, -0.2) is 22.4 Å². The molecule has 0 saturated carbocycles. The number of hydrogen-bond acceptors (Lipinski definition) is 3. The van der Waals surface area contributed by atoms with Gasteiger partial charge in [-0.05, 0) is 42.7 Å². The Kier molecular flexibility index (Phi) is 4.97. The van der Waals surface area contributed by atoms with E-state index in [9.17, 15) is 0 Å². The van der Waals surface area contributed by atoms with Crippen molar-refractivity contribution < 1.29 is 0 Å². The van der Waals surface area contributed by atoms with Crippen molar-refractivity contribution in [2.45, 2.75) is 39.8 Å². The summed E-state index contributed by atoms with van der Waals surface area (Å²) in [7, 11) is 0. The maximum Gasteiger partial charge on any atom is 0.115 e. The molecule has 0 saturated heterocycles. The van der Waals surface area contributed by atoms with Gasteiger partial charge in [-0.3, -0.25) is 4.68 Å². The number of halogens is 1. The number of aromatic nitrogens is 2. The molecule has 0 aliphatic carbocycles. The summed E-state index contributed by atoms with van der Waals surface area (Å²) in [5.41, 5.74) is 2.03. The van der Waals surface area contributed by atoms with Crippen LogP contribution in [0.4, 0.5) is 0 Å². The summed E-state index contributed by atoms with van der Waals surface area (Å²) in [6.07, 6.45) is 1.03. The van der Waals surface area contributed by atoms with Crippen LogP contribution in [0.5, 0.6) is 0 Å². The fourth-order valence-electron chi connectivity index (χ4n) is 1.50. The lowest BCUT2D eigenvalue weighted by Gasteiger charge is -2.11. The Bertz CT molecular complexity index is 391. The first-order valence-electron chi connectivity index (χ1n) is 5.42. The number of hydrogen-bond donors (Lipinski definition) is 1. The largest absolute Gasteiger partial charge is 0.300 e. The van der Waals surface area contributed by atoms with E-state index >= 15 is 0 Å². The normalized spacial score (nSPS) is 12.4. The van der Waals surface area contributed by atoms with E-state index in [0.29, 0.717) is 6.54 Å². The van der Waals surface area contributed by atoms with Crippen LogP contribution in [0.2, 0.25) is 0 Å². The van der Waals surface area contributed by atoms with Crippen LogP contribution < -0.4 is 5.32 Å². The van der Waals surface area contributed by atoms with Crippen molar-refractivity contribution in [2.75, 3.05) is 6.54 Å². The Hall–Kier alpha value is -0.860. The molecule has 88 valence electrons. The molecular weight excluding hydrogens is 268 g/mol. The van der Waals surface area contributed by atoms with Gasteiger partial charge in [0.25, 0.3) is 0 Å². The van der Waals surface area contributed by atoms with Crippen LogP contribution in [0.25, 0.3) is 0 Å². The Morgan fingerprint density at radius 1 is 1.56 bits per heavy atom. The van der Waals surface area contributed by atoms with E-state index in [1.165, 1.54) is 0 Å². The highest BCUT2D eigenvalue weighted by Gasteiger charge is 2.13. The van der Waals surface area contributed by atoms with Crippen LogP contribution >= 0.6 is 15.9 Å². The second kappa shape index (κ2) is 6.02. The molecule has 1 N–H and O–H groups in total. The van der Waals surface area contributed by atoms with Crippen molar-refractivity contribution in [3.05, 3.63) is 15.9 Å². The predicted molar refractivity (Wildman–Crippen MR) is 67.1 cm³/mol. The first-order chi connectivity index (χ1) is 7.60. The summed E-state index contributed by atoms with van der Waals surface area (Å²) in [6, 6.07) is 2.08. The zero-order chi connectivity index (χ0) is 12.1. The lowest BCUT2D eigenvalue weighted by Crippen LogP contribution is -2.33. The van der Waals surface area contributed by atoms with E-state index in [4.69, 9.17) is 5.26 Å². The predicted octanol–water partition coefficient (Wildman–Crippen LogP) is 2.15. The van der Waals surface area contributed by atoms with Crippen molar-refractivity contribution >= 4 is 15.9 Å². The van der Waals surface area contributed by atoms with E-state index in [-0.39, 0.29) is 6.04 Å². The van der Waals surface area contributed by atoms with Crippen molar-refractivity contribution in [2.24, 2.45) is 0 Å². The molecule has 1 atom stereocenters. The number of rotatable bonds is 5. The van der Waals surface area contributed by atoms with Gasteiger partial charge in [0, 0.05) is 5.69 Å². The zero-order valence-corrected chi connectivity index (χ0v) is 11.5. The smallest absolute Gasteiger partial charge is 0.115 e. The molecule has 0 aliphatic rings. The number of nitrogens with zero attached hydrogens (tertiary/aromatic N) is 3. The second-order valence-electron chi connectivity index (χ2n) is 3.80. The highest BCUT2D eigenvalue weighted by atomic mass is 79.9. The quantitative estimate of drug-likeness (QED) is 0.902. The molecule has 1 aromatic rings. The van der Waals surface area contributed by atoms with Gasteiger partial charge in [0.15, 0.2) is 0 Å². The number of nitrogens with one attached hydrogen (secondary N) is 1. The SMILES string of the molecule is CCCNC(C#N)Cn1nc(C)c(Br)c1C. The zero-order valence-electron chi connectivity index (χ0n) is 9.92. The molecule has 1 unspecified atom stereocenters. The number of aryl methyl sites for hydroxylation is 1. The van der Waals surface area contributed by atoms with E-state index < -0.39 is 0 Å². The molecule has 0 fully saturated rings. The molecule has 0 radical (unpaired) electrons. The van der Waals surface area contributed by atoms with Gasteiger partial charge < -0.3 is 5.32 Å². The highest BCUT2D eigenvalue weighted by Crippen LogP contribution is 2.19. The Balaban J connectivity index is 2.71. The summed E-state index contributed by atoms with van der Waals surface area (Å²) in [6.45, 7) is 7.49. The van der Waals surface area contributed by atoms with Crippen molar-refractivity contribution in [3.63, 3.8) is 0 Å². The Labute approximate surface area is 105 Å². The average molecular weight is 285 g/mol. The molecule has 0 aliphatic heterocycles.